The number of hydrogen-bond acceptors (Lipinski definition) is 4. The zero-order chi connectivity index (χ0) is 13.0. The summed E-state index contributed by atoms with van der Waals surface area (Å²) < 4.78 is 26.5. The lowest BCUT2D eigenvalue weighted by Crippen LogP contribution is -2.04. The summed E-state index contributed by atoms with van der Waals surface area (Å²) >= 11 is 0. The average molecular weight is 250 g/mol. The quantitative estimate of drug-likeness (QED) is 0.876. The lowest BCUT2D eigenvalue weighted by molar-refractivity contribution is 0.511. The van der Waals surface area contributed by atoms with Crippen molar-refractivity contribution >= 4 is 17.5 Å². The third-order valence-electron chi connectivity index (χ3n) is 2.20. The molecule has 94 valence electrons. The maximum absolute atomic E-state index is 13.4. The van der Waals surface area contributed by atoms with Crippen LogP contribution in [-0.4, -0.2) is 16.5 Å². The zero-order valence-corrected chi connectivity index (χ0v) is 9.74. The summed E-state index contributed by atoms with van der Waals surface area (Å²) in [5.41, 5.74) is 0.0381. The number of halogens is 2. The van der Waals surface area contributed by atoms with Crippen molar-refractivity contribution in [3.05, 3.63) is 42.1 Å². The van der Waals surface area contributed by atoms with E-state index < -0.39 is 11.6 Å². The Morgan fingerprint density at radius 3 is 2.83 bits per heavy atom. The van der Waals surface area contributed by atoms with Crippen molar-refractivity contribution in [2.75, 3.05) is 17.2 Å². The molecule has 0 aliphatic carbocycles. The second kappa shape index (κ2) is 5.39. The molecule has 0 amide bonds. The summed E-state index contributed by atoms with van der Waals surface area (Å²) in [6.45, 7) is 2.59. The van der Waals surface area contributed by atoms with E-state index in [2.05, 4.69) is 20.6 Å². The first-order valence-corrected chi connectivity index (χ1v) is 5.48. The van der Waals surface area contributed by atoms with Crippen LogP contribution in [0.5, 0.6) is 0 Å². The summed E-state index contributed by atoms with van der Waals surface area (Å²) in [6.07, 6.45) is 1.53. The fourth-order valence-electron chi connectivity index (χ4n) is 1.41. The lowest BCUT2D eigenvalue weighted by Gasteiger charge is -2.08. The SMILES string of the molecule is CCNc1nccc(Nc2cccc(F)c2F)n1. The molecule has 2 N–H and O–H groups in total. The van der Waals surface area contributed by atoms with Crippen LogP contribution in [0.3, 0.4) is 0 Å². The fraction of sp³-hybridized carbons (Fsp3) is 0.167. The number of aromatic nitrogens is 2. The molecule has 0 atom stereocenters. The molecule has 2 rings (SSSR count). The smallest absolute Gasteiger partial charge is 0.224 e. The Hall–Kier alpha value is -2.24. The van der Waals surface area contributed by atoms with E-state index in [1.807, 2.05) is 6.92 Å². The first-order valence-electron chi connectivity index (χ1n) is 5.48. The van der Waals surface area contributed by atoms with E-state index in [-0.39, 0.29) is 5.69 Å². The van der Waals surface area contributed by atoms with Gasteiger partial charge in [0, 0.05) is 12.7 Å². The molecular formula is C12H12F2N4. The minimum Gasteiger partial charge on any atom is -0.354 e. The highest BCUT2D eigenvalue weighted by Gasteiger charge is 2.08. The van der Waals surface area contributed by atoms with Gasteiger partial charge in [-0.15, -0.1) is 0 Å². The Morgan fingerprint density at radius 1 is 1.22 bits per heavy atom. The Kier molecular flexibility index (Phi) is 3.66. The Morgan fingerprint density at radius 2 is 2.06 bits per heavy atom. The van der Waals surface area contributed by atoms with Crippen molar-refractivity contribution in [2.45, 2.75) is 6.92 Å². The summed E-state index contributed by atoms with van der Waals surface area (Å²) in [5, 5.41) is 5.64. The van der Waals surface area contributed by atoms with E-state index in [1.165, 1.54) is 18.3 Å². The topological polar surface area (TPSA) is 49.8 Å². The van der Waals surface area contributed by atoms with Crippen LogP contribution in [0, 0.1) is 11.6 Å². The molecule has 0 aliphatic rings. The van der Waals surface area contributed by atoms with Crippen molar-refractivity contribution in [3.8, 4) is 0 Å². The largest absolute Gasteiger partial charge is 0.354 e. The van der Waals surface area contributed by atoms with Crippen molar-refractivity contribution < 1.29 is 8.78 Å². The monoisotopic (exact) mass is 250 g/mol. The van der Waals surface area contributed by atoms with Crippen molar-refractivity contribution in [1.82, 2.24) is 9.97 Å². The first-order chi connectivity index (χ1) is 8.70. The van der Waals surface area contributed by atoms with Gasteiger partial charge in [0.2, 0.25) is 5.95 Å². The van der Waals surface area contributed by atoms with Gasteiger partial charge in [-0.25, -0.2) is 13.8 Å². The van der Waals surface area contributed by atoms with Crippen LogP contribution in [0.2, 0.25) is 0 Å². The van der Waals surface area contributed by atoms with Crippen LogP contribution >= 0.6 is 0 Å². The number of hydrogen-bond donors (Lipinski definition) is 2. The predicted molar refractivity (Wildman–Crippen MR) is 65.8 cm³/mol. The third-order valence-corrected chi connectivity index (χ3v) is 2.20. The predicted octanol–water partition coefficient (Wildman–Crippen LogP) is 2.93. The van der Waals surface area contributed by atoms with Gasteiger partial charge in [0.15, 0.2) is 11.6 Å². The molecule has 6 heteroatoms. The first kappa shape index (κ1) is 12.2. The van der Waals surface area contributed by atoms with E-state index in [4.69, 9.17) is 0 Å². The molecular weight excluding hydrogens is 238 g/mol. The molecule has 0 unspecified atom stereocenters. The standard InChI is InChI=1S/C12H12F2N4/c1-2-15-12-16-7-6-10(18-12)17-9-5-3-4-8(13)11(9)14/h3-7H,2H2,1H3,(H2,15,16,17,18). The molecule has 4 nitrogen and oxygen atoms in total. The van der Waals surface area contributed by atoms with Gasteiger partial charge in [-0.2, -0.15) is 4.98 Å². The van der Waals surface area contributed by atoms with E-state index in [0.717, 1.165) is 6.07 Å². The van der Waals surface area contributed by atoms with Crippen LogP contribution in [-0.2, 0) is 0 Å². The van der Waals surface area contributed by atoms with Crippen LogP contribution < -0.4 is 10.6 Å². The fourth-order valence-corrected chi connectivity index (χ4v) is 1.41. The molecule has 1 aromatic heterocycles. The highest BCUT2D eigenvalue weighted by molar-refractivity contribution is 5.57. The van der Waals surface area contributed by atoms with Crippen molar-refractivity contribution in [3.63, 3.8) is 0 Å². The minimum atomic E-state index is -0.930. The van der Waals surface area contributed by atoms with Crippen molar-refractivity contribution in [1.29, 1.82) is 0 Å². The average Bonchev–Trinajstić information content (AvgIpc) is 2.36. The summed E-state index contributed by atoms with van der Waals surface area (Å²) in [6, 6.07) is 5.50. The van der Waals surface area contributed by atoms with Crippen LogP contribution in [0.1, 0.15) is 6.92 Å². The Bertz CT molecular complexity index is 545. The Balaban J connectivity index is 2.23. The van der Waals surface area contributed by atoms with Crippen LogP contribution in [0.4, 0.5) is 26.2 Å². The maximum atomic E-state index is 13.4. The van der Waals surface area contributed by atoms with E-state index >= 15 is 0 Å². The number of rotatable bonds is 4. The second-order valence-electron chi connectivity index (χ2n) is 3.52. The maximum Gasteiger partial charge on any atom is 0.224 e. The van der Waals surface area contributed by atoms with E-state index in [9.17, 15) is 8.78 Å². The van der Waals surface area contributed by atoms with Crippen molar-refractivity contribution in [2.24, 2.45) is 0 Å². The van der Waals surface area contributed by atoms with Gasteiger partial charge in [-0.05, 0) is 25.1 Å². The van der Waals surface area contributed by atoms with Gasteiger partial charge < -0.3 is 10.6 Å². The number of benzene rings is 1. The van der Waals surface area contributed by atoms with E-state index in [1.54, 1.807) is 6.07 Å². The zero-order valence-electron chi connectivity index (χ0n) is 9.74. The molecule has 18 heavy (non-hydrogen) atoms. The third kappa shape index (κ3) is 2.71. The molecule has 0 saturated heterocycles. The molecule has 1 aromatic carbocycles. The van der Waals surface area contributed by atoms with Gasteiger partial charge in [-0.3, -0.25) is 0 Å². The molecule has 0 fully saturated rings. The Labute approximate surface area is 103 Å². The normalized spacial score (nSPS) is 10.2. The molecule has 1 heterocycles. The molecule has 0 spiro atoms. The van der Waals surface area contributed by atoms with Gasteiger partial charge >= 0.3 is 0 Å². The van der Waals surface area contributed by atoms with Crippen LogP contribution in [0.15, 0.2) is 30.5 Å². The molecule has 0 saturated carbocycles. The summed E-state index contributed by atoms with van der Waals surface area (Å²) in [4.78, 5) is 8.09. The summed E-state index contributed by atoms with van der Waals surface area (Å²) in [5.74, 6) is -1.01. The summed E-state index contributed by atoms with van der Waals surface area (Å²) in [7, 11) is 0. The number of anilines is 3. The van der Waals surface area contributed by atoms with Gasteiger partial charge in [0.05, 0.1) is 5.69 Å². The molecule has 0 bridgehead atoms. The second-order valence-corrected chi connectivity index (χ2v) is 3.52. The van der Waals surface area contributed by atoms with Crippen LogP contribution in [0.25, 0.3) is 0 Å². The van der Waals surface area contributed by atoms with Gasteiger partial charge in [0.1, 0.15) is 5.82 Å². The highest BCUT2D eigenvalue weighted by Crippen LogP contribution is 2.20. The number of nitrogens with zero attached hydrogens (tertiary/aromatic N) is 2. The highest BCUT2D eigenvalue weighted by atomic mass is 19.2. The molecule has 0 aliphatic heterocycles. The van der Waals surface area contributed by atoms with Gasteiger partial charge in [0.25, 0.3) is 0 Å². The number of nitrogens with one attached hydrogen (secondary N) is 2. The minimum absolute atomic E-state index is 0.0381. The van der Waals surface area contributed by atoms with E-state index in [0.29, 0.717) is 18.3 Å². The van der Waals surface area contributed by atoms with Gasteiger partial charge in [-0.1, -0.05) is 6.07 Å². The lowest BCUT2D eigenvalue weighted by atomic mass is 10.3. The molecule has 2 aromatic rings. The molecule has 0 radical (unpaired) electrons.